The Kier molecular flexibility index (Phi) is 8.44. The maximum absolute atomic E-state index is 12.8. The number of hydrogen-bond donors (Lipinski definition) is 1. The Labute approximate surface area is 216 Å². The number of hydrogen-bond acceptors (Lipinski definition) is 3. The lowest BCUT2D eigenvalue weighted by atomic mass is 10.1. The molecule has 0 bridgehead atoms. The molecule has 0 spiro atoms. The fraction of sp³-hybridized carbons (Fsp3) is 0.323. The van der Waals surface area contributed by atoms with Crippen molar-refractivity contribution in [2.75, 3.05) is 0 Å². The monoisotopic (exact) mass is 499 g/mol. The van der Waals surface area contributed by atoms with E-state index >= 15 is 0 Å². The number of nitrogens with one attached hydrogen (secondary N) is 1. The van der Waals surface area contributed by atoms with Crippen LogP contribution in [0.3, 0.4) is 0 Å². The van der Waals surface area contributed by atoms with E-state index < -0.39 is 14.4 Å². The highest BCUT2D eigenvalue weighted by molar-refractivity contribution is 6.99. The molecule has 4 nitrogen and oxygen atoms in total. The first-order valence-electron chi connectivity index (χ1n) is 12.8. The fourth-order valence-corrected chi connectivity index (χ4v) is 9.74. The molecule has 0 aromatic heterocycles. The van der Waals surface area contributed by atoms with Gasteiger partial charge in [0.2, 0.25) is 0 Å². The van der Waals surface area contributed by atoms with Crippen LogP contribution >= 0.6 is 0 Å². The lowest BCUT2D eigenvalue weighted by Crippen LogP contribution is -2.68. The molecule has 3 aromatic carbocycles. The van der Waals surface area contributed by atoms with E-state index in [9.17, 15) is 4.79 Å². The van der Waals surface area contributed by atoms with Gasteiger partial charge in [0, 0.05) is 0 Å². The Bertz CT molecular complexity index is 1090. The summed E-state index contributed by atoms with van der Waals surface area (Å²) < 4.78 is 12.9. The molecule has 5 heteroatoms. The van der Waals surface area contributed by atoms with Gasteiger partial charge in [-0.3, -0.25) is 0 Å². The molecule has 1 amide bonds. The Morgan fingerprint density at radius 1 is 0.889 bits per heavy atom. The van der Waals surface area contributed by atoms with Gasteiger partial charge < -0.3 is 14.5 Å². The lowest BCUT2D eigenvalue weighted by molar-refractivity contribution is 0.120. The Morgan fingerprint density at radius 2 is 1.44 bits per heavy atom. The zero-order valence-electron chi connectivity index (χ0n) is 21.5. The standard InChI is InChI=1S/C31H37NO3Si/c1-31(2,3)36(26-18-10-5-11-19-26,27-20-12-6-13-21-27)35-29-23-15-7-14-22-28(29)32-30(33)34-24-25-16-8-4-9-17-25/h4-6,8-13,15-21,23,28-29H,7,14,22,24H2,1-3H3,(H,32,33)/t28-,29+/m0/s1. The van der Waals surface area contributed by atoms with Crippen LogP contribution in [0.1, 0.15) is 45.6 Å². The molecule has 4 rings (SSSR count). The number of carbonyl (C=O) groups excluding carboxylic acids is 1. The first-order valence-corrected chi connectivity index (χ1v) is 14.7. The number of allylic oxidation sites excluding steroid dienone is 1. The molecule has 1 N–H and O–H groups in total. The molecule has 0 heterocycles. The summed E-state index contributed by atoms with van der Waals surface area (Å²) in [4.78, 5) is 12.8. The van der Waals surface area contributed by atoms with Gasteiger partial charge in [-0.1, -0.05) is 124 Å². The maximum Gasteiger partial charge on any atom is 0.407 e. The largest absolute Gasteiger partial charge is 0.445 e. The molecule has 0 saturated carbocycles. The molecular formula is C31H37NO3Si. The first kappa shape index (κ1) is 25.9. The summed E-state index contributed by atoms with van der Waals surface area (Å²) in [5.74, 6) is 0. The van der Waals surface area contributed by atoms with Gasteiger partial charge in [0.15, 0.2) is 0 Å². The molecule has 1 aliphatic carbocycles. The summed E-state index contributed by atoms with van der Waals surface area (Å²) in [7, 11) is -2.77. The topological polar surface area (TPSA) is 47.6 Å². The van der Waals surface area contributed by atoms with Gasteiger partial charge in [-0.2, -0.15) is 0 Å². The fourth-order valence-electron chi connectivity index (χ4n) is 5.07. The van der Waals surface area contributed by atoms with E-state index in [0.717, 1.165) is 24.8 Å². The molecule has 0 fully saturated rings. The minimum Gasteiger partial charge on any atom is -0.445 e. The van der Waals surface area contributed by atoms with E-state index in [4.69, 9.17) is 9.16 Å². The molecule has 0 aliphatic heterocycles. The third-order valence-electron chi connectivity index (χ3n) is 6.85. The highest BCUT2D eigenvalue weighted by Gasteiger charge is 2.52. The average molecular weight is 500 g/mol. The summed E-state index contributed by atoms with van der Waals surface area (Å²) in [6.07, 6.45) is 6.46. The van der Waals surface area contributed by atoms with Crippen molar-refractivity contribution in [3.05, 3.63) is 109 Å². The normalized spacial score (nSPS) is 18.3. The lowest BCUT2D eigenvalue weighted by Gasteiger charge is -2.45. The summed E-state index contributed by atoms with van der Waals surface area (Å²) in [6.45, 7) is 7.07. The number of benzene rings is 3. The van der Waals surface area contributed by atoms with Crippen molar-refractivity contribution >= 4 is 24.8 Å². The van der Waals surface area contributed by atoms with Crippen LogP contribution < -0.4 is 15.7 Å². The number of amides is 1. The number of rotatable bonds is 7. The van der Waals surface area contributed by atoms with Crippen LogP contribution in [-0.4, -0.2) is 26.6 Å². The predicted molar refractivity (Wildman–Crippen MR) is 149 cm³/mol. The van der Waals surface area contributed by atoms with Crippen LogP contribution in [-0.2, 0) is 15.8 Å². The molecule has 188 valence electrons. The molecule has 0 saturated heterocycles. The van der Waals surface area contributed by atoms with Gasteiger partial charge in [-0.15, -0.1) is 0 Å². The quantitative estimate of drug-likeness (QED) is 0.322. The van der Waals surface area contributed by atoms with Gasteiger partial charge in [-0.25, -0.2) is 4.79 Å². The van der Waals surface area contributed by atoms with Crippen molar-refractivity contribution in [1.29, 1.82) is 0 Å². The van der Waals surface area contributed by atoms with E-state index in [-0.39, 0.29) is 23.8 Å². The van der Waals surface area contributed by atoms with Gasteiger partial charge in [-0.05, 0) is 40.2 Å². The van der Waals surface area contributed by atoms with E-state index in [1.165, 1.54) is 10.4 Å². The number of ether oxygens (including phenoxy) is 1. The molecule has 0 radical (unpaired) electrons. The van der Waals surface area contributed by atoms with Gasteiger partial charge >= 0.3 is 6.09 Å². The van der Waals surface area contributed by atoms with Gasteiger partial charge in [0.1, 0.15) is 6.61 Å². The van der Waals surface area contributed by atoms with Gasteiger partial charge in [0.05, 0.1) is 12.1 Å². The summed E-state index contributed by atoms with van der Waals surface area (Å²) in [5, 5.41) is 5.45. The Hall–Kier alpha value is -3.15. The van der Waals surface area contributed by atoms with E-state index in [2.05, 4.69) is 98.9 Å². The van der Waals surface area contributed by atoms with Crippen LogP contribution in [0, 0.1) is 0 Å². The Morgan fingerprint density at radius 3 is 2.00 bits per heavy atom. The maximum atomic E-state index is 12.8. The van der Waals surface area contributed by atoms with Crippen molar-refractivity contribution in [1.82, 2.24) is 5.32 Å². The van der Waals surface area contributed by atoms with Crippen molar-refractivity contribution in [3.8, 4) is 0 Å². The van der Waals surface area contributed by atoms with Crippen molar-refractivity contribution < 1.29 is 14.0 Å². The third-order valence-corrected chi connectivity index (χ3v) is 11.9. The molecular weight excluding hydrogens is 462 g/mol. The Balaban J connectivity index is 1.64. The van der Waals surface area contributed by atoms with Crippen molar-refractivity contribution in [2.24, 2.45) is 0 Å². The second-order valence-electron chi connectivity index (χ2n) is 10.4. The highest BCUT2D eigenvalue weighted by atomic mass is 28.4. The van der Waals surface area contributed by atoms with Gasteiger partial charge in [0.25, 0.3) is 8.32 Å². The van der Waals surface area contributed by atoms with Crippen LogP contribution in [0.2, 0.25) is 5.04 Å². The van der Waals surface area contributed by atoms with E-state index in [0.29, 0.717) is 0 Å². The molecule has 2 atom stereocenters. The SMILES string of the molecule is CC(C)(C)[Si](O[C@@H]1C=CCCC[C@@H]1NC(=O)OCc1ccccc1)(c1ccccc1)c1ccccc1. The zero-order valence-corrected chi connectivity index (χ0v) is 22.5. The summed E-state index contributed by atoms with van der Waals surface area (Å²) in [5.41, 5.74) is 0.966. The second-order valence-corrected chi connectivity index (χ2v) is 14.7. The molecule has 1 aliphatic rings. The van der Waals surface area contributed by atoms with Crippen molar-refractivity contribution in [3.63, 3.8) is 0 Å². The second kappa shape index (κ2) is 11.7. The summed E-state index contributed by atoms with van der Waals surface area (Å²) in [6, 6.07) is 30.8. The minimum absolute atomic E-state index is 0.145. The summed E-state index contributed by atoms with van der Waals surface area (Å²) >= 11 is 0. The molecule has 36 heavy (non-hydrogen) atoms. The highest BCUT2D eigenvalue weighted by Crippen LogP contribution is 2.38. The average Bonchev–Trinajstić information content (AvgIpc) is 3.11. The molecule has 3 aromatic rings. The zero-order chi connectivity index (χ0) is 25.4. The van der Waals surface area contributed by atoms with E-state index in [1.807, 2.05) is 30.3 Å². The van der Waals surface area contributed by atoms with Crippen LogP contribution in [0.4, 0.5) is 4.79 Å². The smallest absolute Gasteiger partial charge is 0.407 e. The van der Waals surface area contributed by atoms with Crippen LogP contribution in [0.5, 0.6) is 0 Å². The van der Waals surface area contributed by atoms with Crippen LogP contribution in [0.15, 0.2) is 103 Å². The van der Waals surface area contributed by atoms with Crippen LogP contribution in [0.25, 0.3) is 0 Å². The first-order chi connectivity index (χ1) is 17.4. The van der Waals surface area contributed by atoms with E-state index in [1.54, 1.807) is 0 Å². The molecule has 0 unspecified atom stereocenters. The minimum atomic E-state index is -2.77. The number of carbonyl (C=O) groups is 1. The predicted octanol–water partition coefficient (Wildman–Crippen LogP) is 5.97. The third kappa shape index (κ3) is 5.97. The van der Waals surface area contributed by atoms with Crippen molar-refractivity contribution in [2.45, 2.75) is 63.8 Å². The number of alkyl carbamates (subject to hydrolysis) is 1.